The van der Waals surface area contributed by atoms with E-state index < -0.39 is 4.92 Å². The van der Waals surface area contributed by atoms with Crippen molar-refractivity contribution in [2.24, 2.45) is 5.10 Å². The molecule has 0 amide bonds. The van der Waals surface area contributed by atoms with Gasteiger partial charge in [-0.15, -0.1) is 0 Å². The van der Waals surface area contributed by atoms with Crippen molar-refractivity contribution < 1.29 is 4.92 Å². The van der Waals surface area contributed by atoms with Crippen LogP contribution in [0.2, 0.25) is 0 Å². The number of nitrogens with one attached hydrogen (secondary N) is 2. The third-order valence-corrected chi connectivity index (χ3v) is 4.53. The molecule has 0 aliphatic rings. The van der Waals surface area contributed by atoms with Crippen LogP contribution in [0.25, 0.3) is 0 Å². The molecule has 2 N–H and O–H groups in total. The first-order chi connectivity index (χ1) is 14.4. The van der Waals surface area contributed by atoms with Crippen LogP contribution < -0.4 is 15.6 Å². The highest BCUT2D eigenvalue weighted by molar-refractivity contribution is 9.10. The number of nitrogens with zero attached hydrogens (tertiary/aromatic N) is 6. The van der Waals surface area contributed by atoms with E-state index in [9.17, 15) is 10.1 Å². The molecule has 0 aliphatic carbocycles. The Hall–Kier alpha value is -3.60. The molecular formula is C19H19BrN8O2. The molecule has 10 nitrogen and oxygen atoms in total. The van der Waals surface area contributed by atoms with Crippen LogP contribution in [0.15, 0.2) is 58.1 Å². The van der Waals surface area contributed by atoms with E-state index in [0.717, 1.165) is 5.56 Å². The Bertz CT molecular complexity index is 1060. The van der Waals surface area contributed by atoms with E-state index in [1.165, 1.54) is 12.3 Å². The highest BCUT2D eigenvalue weighted by atomic mass is 79.9. The predicted molar refractivity (Wildman–Crippen MR) is 120 cm³/mol. The van der Waals surface area contributed by atoms with Crippen LogP contribution in [-0.4, -0.2) is 40.2 Å². The summed E-state index contributed by atoms with van der Waals surface area (Å²) in [4.78, 5) is 25.3. The number of hydrazone groups is 1. The minimum atomic E-state index is -0.463. The second-order valence-electron chi connectivity index (χ2n) is 6.35. The van der Waals surface area contributed by atoms with Gasteiger partial charge in [0.1, 0.15) is 0 Å². The second kappa shape index (κ2) is 9.74. The number of benzene rings is 2. The standard InChI is InChI=1S/C19H19BrN8O2/c1-27(2)19-24-17(21-11-13-6-4-3-5-7-13)23-18(25-19)26-22-12-14-8-9-15(20)16(10-14)28(29)30/h3-10,12H,11H2,1-2H3,(H2,21,23,24,25,26). The SMILES string of the molecule is CN(C)c1nc(NCc2ccccc2)nc(NN=Cc2ccc(Br)c([N+](=O)[O-])c2)n1. The molecule has 0 saturated heterocycles. The van der Waals surface area contributed by atoms with E-state index in [0.29, 0.717) is 28.5 Å². The van der Waals surface area contributed by atoms with Gasteiger partial charge in [-0.25, -0.2) is 5.43 Å². The third kappa shape index (κ3) is 5.70. The number of anilines is 3. The van der Waals surface area contributed by atoms with Gasteiger partial charge >= 0.3 is 0 Å². The van der Waals surface area contributed by atoms with Crippen molar-refractivity contribution in [3.05, 3.63) is 74.2 Å². The zero-order valence-electron chi connectivity index (χ0n) is 16.3. The molecule has 0 radical (unpaired) electrons. The number of aromatic nitrogens is 3. The van der Waals surface area contributed by atoms with E-state index in [4.69, 9.17) is 0 Å². The Kier molecular flexibility index (Phi) is 6.86. The maximum absolute atomic E-state index is 11.0. The fourth-order valence-electron chi connectivity index (χ4n) is 2.39. The molecule has 2 aromatic carbocycles. The van der Waals surface area contributed by atoms with Crippen molar-refractivity contribution in [2.75, 3.05) is 29.7 Å². The quantitative estimate of drug-likeness (QED) is 0.290. The van der Waals surface area contributed by atoms with Crippen LogP contribution in [-0.2, 0) is 6.54 Å². The average Bonchev–Trinajstić information content (AvgIpc) is 2.74. The van der Waals surface area contributed by atoms with Gasteiger partial charge in [-0.1, -0.05) is 36.4 Å². The minimum absolute atomic E-state index is 0.0404. The Morgan fingerprint density at radius 3 is 2.57 bits per heavy atom. The molecule has 3 aromatic rings. The smallest absolute Gasteiger partial charge is 0.284 e. The summed E-state index contributed by atoms with van der Waals surface area (Å²) >= 11 is 3.16. The lowest BCUT2D eigenvalue weighted by Crippen LogP contribution is -2.16. The highest BCUT2D eigenvalue weighted by Gasteiger charge is 2.12. The fourth-order valence-corrected chi connectivity index (χ4v) is 2.78. The zero-order valence-corrected chi connectivity index (χ0v) is 17.9. The van der Waals surface area contributed by atoms with Crippen LogP contribution in [0.1, 0.15) is 11.1 Å². The topological polar surface area (TPSA) is 121 Å². The van der Waals surface area contributed by atoms with E-state index in [-0.39, 0.29) is 11.6 Å². The minimum Gasteiger partial charge on any atom is -0.350 e. The summed E-state index contributed by atoms with van der Waals surface area (Å²) in [6.45, 7) is 0.559. The second-order valence-corrected chi connectivity index (χ2v) is 7.21. The lowest BCUT2D eigenvalue weighted by atomic mass is 10.2. The molecule has 154 valence electrons. The molecular weight excluding hydrogens is 452 g/mol. The van der Waals surface area contributed by atoms with Crippen LogP contribution in [0.5, 0.6) is 0 Å². The number of nitro groups is 1. The Labute approximate surface area is 181 Å². The van der Waals surface area contributed by atoms with Crippen molar-refractivity contribution in [3.8, 4) is 0 Å². The first-order valence-corrected chi connectivity index (χ1v) is 9.66. The summed E-state index contributed by atoms with van der Waals surface area (Å²) in [7, 11) is 3.65. The molecule has 0 bridgehead atoms. The molecule has 0 spiro atoms. The highest BCUT2D eigenvalue weighted by Crippen LogP contribution is 2.25. The van der Waals surface area contributed by atoms with Crippen molar-refractivity contribution >= 4 is 45.7 Å². The van der Waals surface area contributed by atoms with Gasteiger partial charge in [-0.2, -0.15) is 20.1 Å². The van der Waals surface area contributed by atoms with Crippen molar-refractivity contribution in [1.82, 2.24) is 15.0 Å². The summed E-state index contributed by atoms with van der Waals surface area (Å²) < 4.78 is 0.403. The number of hydrogen-bond donors (Lipinski definition) is 2. The van der Waals surface area contributed by atoms with Crippen molar-refractivity contribution in [2.45, 2.75) is 6.54 Å². The molecule has 0 unspecified atom stereocenters. The van der Waals surface area contributed by atoms with Gasteiger partial charge in [0, 0.05) is 32.3 Å². The third-order valence-electron chi connectivity index (χ3n) is 3.86. The van der Waals surface area contributed by atoms with Crippen LogP contribution >= 0.6 is 15.9 Å². The number of halogens is 1. The Morgan fingerprint density at radius 1 is 1.13 bits per heavy atom. The van der Waals surface area contributed by atoms with E-state index >= 15 is 0 Å². The summed E-state index contributed by atoms with van der Waals surface area (Å²) in [5.41, 5.74) is 4.36. The molecule has 0 aliphatic heterocycles. The van der Waals surface area contributed by atoms with Gasteiger partial charge in [0.2, 0.25) is 17.8 Å². The fraction of sp³-hybridized carbons (Fsp3) is 0.158. The number of nitro benzene ring substituents is 1. The van der Waals surface area contributed by atoms with E-state index in [1.54, 1.807) is 17.0 Å². The maximum Gasteiger partial charge on any atom is 0.284 e. The molecule has 0 saturated carbocycles. The van der Waals surface area contributed by atoms with Crippen LogP contribution in [0, 0.1) is 10.1 Å². The van der Waals surface area contributed by atoms with Crippen LogP contribution in [0.4, 0.5) is 23.5 Å². The molecule has 1 aromatic heterocycles. The van der Waals surface area contributed by atoms with Gasteiger partial charge in [0.25, 0.3) is 5.69 Å². The monoisotopic (exact) mass is 470 g/mol. The Balaban J connectivity index is 1.74. The molecule has 30 heavy (non-hydrogen) atoms. The van der Waals surface area contributed by atoms with Crippen molar-refractivity contribution in [1.29, 1.82) is 0 Å². The molecule has 11 heteroatoms. The van der Waals surface area contributed by atoms with Gasteiger partial charge in [0.05, 0.1) is 15.6 Å². The first-order valence-electron chi connectivity index (χ1n) is 8.86. The lowest BCUT2D eigenvalue weighted by Gasteiger charge is -2.13. The van der Waals surface area contributed by atoms with Gasteiger partial charge < -0.3 is 10.2 Å². The largest absolute Gasteiger partial charge is 0.350 e. The van der Waals surface area contributed by atoms with E-state index in [1.807, 2.05) is 44.4 Å². The van der Waals surface area contributed by atoms with Gasteiger partial charge in [0.15, 0.2) is 0 Å². The Morgan fingerprint density at radius 2 is 1.87 bits per heavy atom. The lowest BCUT2D eigenvalue weighted by molar-refractivity contribution is -0.385. The maximum atomic E-state index is 11.0. The number of hydrogen-bond acceptors (Lipinski definition) is 9. The summed E-state index contributed by atoms with van der Waals surface area (Å²) in [5.74, 6) is 1.10. The van der Waals surface area contributed by atoms with Crippen molar-refractivity contribution in [3.63, 3.8) is 0 Å². The van der Waals surface area contributed by atoms with Gasteiger partial charge in [-0.05, 0) is 27.6 Å². The molecule has 3 rings (SSSR count). The zero-order chi connectivity index (χ0) is 21.5. The summed E-state index contributed by atoms with van der Waals surface area (Å²) in [5, 5.41) is 18.3. The van der Waals surface area contributed by atoms with Gasteiger partial charge in [-0.3, -0.25) is 10.1 Å². The summed E-state index contributed by atoms with van der Waals surface area (Å²) in [6.07, 6.45) is 1.45. The van der Waals surface area contributed by atoms with E-state index in [2.05, 4.69) is 46.7 Å². The predicted octanol–water partition coefficient (Wildman–Crippen LogP) is 3.67. The molecule has 1 heterocycles. The summed E-state index contributed by atoms with van der Waals surface area (Å²) in [6, 6.07) is 14.6. The number of rotatable bonds is 8. The normalized spacial score (nSPS) is 10.8. The first kappa shape index (κ1) is 21.1. The average molecular weight is 471 g/mol. The molecule has 0 fully saturated rings. The van der Waals surface area contributed by atoms with Crippen LogP contribution in [0.3, 0.4) is 0 Å². The molecule has 0 atom stereocenters.